The standard InChI is InChI=1S/C13H22N2O/c16-13(11-3-1-2-4-11)15-9-7-14(8-10-15)12-5-6-12/h11-12H,1-10H2. The topological polar surface area (TPSA) is 23.6 Å². The van der Waals surface area contributed by atoms with Crippen LogP contribution in [0.4, 0.5) is 0 Å². The molecule has 0 aromatic rings. The molecule has 3 fully saturated rings. The largest absolute Gasteiger partial charge is 0.340 e. The quantitative estimate of drug-likeness (QED) is 0.706. The minimum absolute atomic E-state index is 0.368. The highest BCUT2D eigenvalue weighted by Gasteiger charge is 2.34. The Labute approximate surface area is 97.8 Å². The second-order valence-electron chi connectivity index (χ2n) is 5.57. The van der Waals surface area contributed by atoms with Gasteiger partial charge in [-0.15, -0.1) is 0 Å². The van der Waals surface area contributed by atoms with Crippen LogP contribution in [0.25, 0.3) is 0 Å². The van der Waals surface area contributed by atoms with Crippen LogP contribution in [0.1, 0.15) is 38.5 Å². The van der Waals surface area contributed by atoms with E-state index in [4.69, 9.17) is 0 Å². The minimum atomic E-state index is 0.368. The molecular weight excluding hydrogens is 200 g/mol. The summed E-state index contributed by atoms with van der Waals surface area (Å²) in [5.41, 5.74) is 0. The molecule has 0 N–H and O–H groups in total. The molecule has 3 nitrogen and oxygen atoms in total. The molecule has 3 rings (SSSR count). The third-order valence-corrected chi connectivity index (χ3v) is 4.39. The van der Waals surface area contributed by atoms with Crippen molar-refractivity contribution in [3.05, 3.63) is 0 Å². The van der Waals surface area contributed by atoms with Crippen LogP contribution in [-0.2, 0) is 4.79 Å². The van der Waals surface area contributed by atoms with Crippen molar-refractivity contribution < 1.29 is 4.79 Å². The fourth-order valence-corrected chi connectivity index (χ4v) is 3.18. The zero-order valence-electron chi connectivity index (χ0n) is 10.0. The van der Waals surface area contributed by atoms with Gasteiger partial charge in [-0.05, 0) is 25.7 Å². The van der Waals surface area contributed by atoms with Gasteiger partial charge in [0.25, 0.3) is 0 Å². The Morgan fingerprint density at radius 1 is 0.875 bits per heavy atom. The summed E-state index contributed by atoms with van der Waals surface area (Å²) in [5, 5.41) is 0. The fourth-order valence-electron chi connectivity index (χ4n) is 3.18. The Kier molecular flexibility index (Phi) is 2.88. The van der Waals surface area contributed by atoms with E-state index in [1.54, 1.807) is 0 Å². The number of hydrogen-bond donors (Lipinski definition) is 0. The summed E-state index contributed by atoms with van der Waals surface area (Å²) in [4.78, 5) is 16.9. The van der Waals surface area contributed by atoms with Crippen molar-refractivity contribution in [2.45, 2.75) is 44.6 Å². The van der Waals surface area contributed by atoms with Crippen molar-refractivity contribution in [3.63, 3.8) is 0 Å². The lowest BCUT2D eigenvalue weighted by Gasteiger charge is -2.36. The van der Waals surface area contributed by atoms with Crippen LogP contribution in [0.15, 0.2) is 0 Å². The second-order valence-corrected chi connectivity index (χ2v) is 5.57. The predicted octanol–water partition coefficient (Wildman–Crippen LogP) is 1.48. The normalized spacial score (nSPS) is 28.6. The monoisotopic (exact) mass is 222 g/mol. The predicted molar refractivity (Wildman–Crippen MR) is 63.1 cm³/mol. The molecule has 3 heteroatoms. The molecule has 0 spiro atoms. The van der Waals surface area contributed by atoms with Gasteiger partial charge in [-0.3, -0.25) is 9.69 Å². The third kappa shape index (κ3) is 2.10. The van der Waals surface area contributed by atoms with Gasteiger partial charge in [-0.25, -0.2) is 0 Å². The average Bonchev–Trinajstić information content (AvgIpc) is 3.04. The second kappa shape index (κ2) is 4.36. The molecular formula is C13H22N2O. The van der Waals surface area contributed by atoms with Crippen LogP contribution < -0.4 is 0 Å². The first-order valence-corrected chi connectivity index (χ1v) is 6.87. The smallest absolute Gasteiger partial charge is 0.225 e. The first-order valence-electron chi connectivity index (χ1n) is 6.87. The van der Waals surface area contributed by atoms with Crippen molar-refractivity contribution in [3.8, 4) is 0 Å². The molecule has 16 heavy (non-hydrogen) atoms. The minimum Gasteiger partial charge on any atom is -0.340 e. The van der Waals surface area contributed by atoms with Crippen molar-refractivity contribution in [2.75, 3.05) is 26.2 Å². The molecule has 90 valence electrons. The summed E-state index contributed by atoms with van der Waals surface area (Å²) in [6.45, 7) is 4.18. The molecule has 0 radical (unpaired) electrons. The van der Waals surface area contributed by atoms with Crippen molar-refractivity contribution in [1.82, 2.24) is 9.80 Å². The lowest BCUT2D eigenvalue weighted by molar-refractivity contribution is -0.137. The zero-order valence-corrected chi connectivity index (χ0v) is 10.0. The fraction of sp³-hybridized carbons (Fsp3) is 0.923. The number of hydrogen-bond acceptors (Lipinski definition) is 2. The number of nitrogens with zero attached hydrogens (tertiary/aromatic N) is 2. The lowest BCUT2D eigenvalue weighted by Crippen LogP contribution is -2.50. The maximum atomic E-state index is 12.2. The molecule has 1 aliphatic heterocycles. The van der Waals surface area contributed by atoms with Gasteiger partial charge in [0.15, 0.2) is 0 Å². The lowest BCUT2D eigenvalue weighted by atomic mass is 10.1. The summed E-state index contributed by atoms with van der Waals surface area (Å²) >= 11 is 0. The maximum absolute atomic E-state index is 12.2. The molecule has 1 heterocycles. The first kappa shape index (κ1) is 10.6. The van der Waals surface area contributed by atoms with E-state index >= 15 is 0 Å². The molecule has 3 aliphatic rings. The summed E-state index contributed by atoms with van der Waals surface area (Å²) in [6.07, 6.45) is 7.58. The average molecular weight is 222 g/mol. The number of piperazine rings is 1. The van der Waals surface area contributed by atoms with Gasteiger partial charge in [-0.1, -0.05) is 12.8 Å². The van der Waals surface area contributed by atoms with Crippen LogP contribution in [0, 0.1) is 5.92 Å². The third-order valence-electron chi connectivity index (χ3n) is 4.39. The Morgan fingerprint density at radius 3 is 2.06 bits per heavy atom. The van der Waals surface area contributed by atoms with E-state index in [0.29, 0.717) is 11.8 Å². The molecule has 1 amide bonds. The van der Waals surface area contributed by atoms with Crippen molar-refractivity contribution >= 4 is 5.91 Å². The summed E-state index contributed by atoms with van der Waals surface area (Å²) in [6, 6.07) is 0.865. The van der Waals surface area contributed by atoms with Gasteiger partial charge in [0.1, 0.15) is 0 Å². The van der Waals surface area contributed by atoms with E-state index in [1.165, 1.54) is 25.7 Å². The molecule has 0 atom stereocenters. The van der Waals surface area contributed by atoms with Gasteiger partial charge in [0.2, 0.25) is 5.91 Å². The van der Waals surface area contributed by atoms with Gasteiger partial charge in [-0.2, -0.15) is 0 Å². The van der Waals surface area contributed by atoms with Crippen molar-refractivity contribution in [2.24, 2.45) is 5.92 Å². The maximum Gasteiger partial charge on any atom is 0.225 e. The van der Waals surface area contributed by atoms with Crippen LogP contribution >= 0.6 is 0 Å². The Bertz CT molecular complexity index is 261. The molecule has 0 bridgehead atoms. The molecule has 1 saturated heterocycles. The van der Waals surface area contributed by atoms with Crippen LogP contribution in [-0.4, -0.2) is 47.9 Å². The Balaban J connectivity index is 1.50. The molecule has 2 aliphatic carbocycles. The van der Waals surface area contributed by atoms with E-state index in [-0.39, 0.29) is 0 Å². The highest BCUT2D eigenvalue weighted by atomic mass is 16.2. The van der Waals surface area contributed by atoms with Crippen LogP contribution in [0.5, 0.6) is 0 Å². The highest BCUT2D eigenvalue weighted by molar-refractivity contribution is 5.79. The number of rotatable bonds is 2. The van der Waals surface area contributed by atoms with E-state index in [0.717, 1.165) is 45.1 Å². The summed E-state index contributed by atoms with van der Waals surface area (Å²) < 4.78 is 0. The highest BCUT2D eigenvalue weighted by Crippen LogP contribution is 2.29. The number of amides is 1. The van der Waals surface area contributed by atoms with E-state index in [2.05, 4.69) is 9.80 Å². The van der Waals surface area contributed by atoms with Crippen LogP contribution in [0.2, 0.25) is 0 Å². The van der Waals surface area contributed by atoms with Gasteiger partial charge in [0, 0.05) is 38.1 Å². The summed E-state index contributed by atoms with van der Waals surface area (Å²) in [5.74, 6) is 0.820. The number of carbonyl (C=O) groups is 1. The van der Waals surface area contributed by atoms with Crippen LogP contribution in [0.3, 0.4) is 0 Å². The Hall–Kier alpha value is -0.570. The van der Waals surface area contributed by atoms with Crippen molar-refractivity contribution in [1.29, 1.82) is 0 Å². The molecule has 0 aromatic carbocycles. The van der Waals surface area contributed by atoms with E-state index < -0.39 is 0 Å². The molecule has 0 aromatic heterocycles. The zero-order chi connectivity index (χ0) is 11.0. The summed E-state index contributed by atoms with van der Waals surface area (Å²) in [7, 11) is 0. The van der Waals surface area contributed by atoms with E-state index in [1.807, 2.05) is 0 Å². The SMILES string of the molecule is O=C(C1CCCC1)N1CCN(C2CC2)CC1. The molecule has 0 unspecified atom stereocenters. The van der Waals surface area contributed by atoms with E-state index in [9.17, 15) is 4.79 Å². The number of carbonyl (C=O) groups excluding carboxylic acids is 1. The van der Waals surface area contributed by atoms with Gasteiger partial charge < -0.3 is 4.90 Å². The van der Waals surface area contributed by atoms with Gasteiger partial charge in [0.05, 0.1) is 0 Å². The first-order chi connectivity index (χ1) is 7.84. The molecule has 2 saturated carbocycles. The van der Waals surface area contributed by atoms with Gasteiger partial charge >= 0.3 is 0 Å². The Morgan fingerprint density at radius 2 is 1.50 bits per heavy atom.